The van der Waals surface area contributed by atoms with Gasteiger partial charge in [-0.3, -0.25) is 4.79 Å². The van der Waals surface area contributed by atoms with Gasteiger partial charge in [0, 0.05) is 12.6 Å². The quantitative estimate of drug-likeness (QED) is 0.712. The Labute approximate surface area is 92.9 Å². The van der Waals surface area contributed by atoms with Crippen molar-refractivity contribution in [1.82, 2.24) is 4.57 Å². The van der Waals surface area contributed by atoms with Crippen LogP contribution in [0.3, 0.4) is 0 Å². The Morgan fingerprint density at radius 1 is 1.38 bits per heavy atom. The number of fused-ring (bicyclic) bond motifs is 1. The van der Waals surface area contributed by atoms with E-state index >= 15 is 0 Å². The van der Waals surface area contributed by atoms with Crippen LogP contribution in [-0.2, 0) is 6.54 Å². The second-order valence-corrected chi connectivity index (χ2v) is 3.46. The van der Waals surface area contributed by atoms with Gasteiger partial charge in [0.15, 0.2) is 0 Å². The molecule has 0 amide bonds. The SMILES string of the molecule is C=CCn1c(=O)ccc2ccc(C#N)cc21. The first kappa shape index (κ1) is 10.2. The van der Waals surface area contributed by atoms with Gasteiger partial charge in [-0.1, -0.05) is 12.1 Å². The highest BCUT2D eigenvalue weighted by molar-refractivity contribution is 5.80. The number of nitriles is 1. The lowest BCUT2D eigenvalue weighted by molar-refractivity contribution is 0.818. The highest BCUT2D eigenvalue weighted by Gasteiger charge is 2.02. The van der Waals surface area contributed by atoms with Crippen molar-refractivity contribution >= 4 is 10.9 Å². The van der Waals surface area contributed by atoms with Crippen LogP contribution in [0.15, 0.2) is 47.8 Å². The third-order valence-electron chi connectivity index (χ3n) is 2.43. The van der Waals surface area contributed by atoms with Crippen LogP contribution in [0.5, 0.6) is 0 Å². The van der Waals surface area contributed by atoms with Crippen LogP contribution in [0.2, 0.25) is 0 Å². The maximum absolute atomic E-state index is 11.7. The van der Waals surface area contributed by atoms with Crippen LogP contribution in [0.1, 0.15) is 5.56 Å². The summed E-state index contributed by atoms with van der Waals surface area (Å²) in [6.07, 6.45) is 1.67. The number of allylic oxidation sites excluding steroid dienone is 1. The third-order valence-corrected chi connectivity index (χ3v) is 2.43. The number of pyridine rings is 1. The van der Waals surface area contributed by atoms with Gasteiger partial charge in [-0.15, -0.1) is 6.58 Å². The molecule has 1 aromatic heterocycles. The van der Waals surface area contributed by atoms with Crippen molar-refractivity contribution in [2.75, 3.05) is 0 Å². The van der Waals surface area contributed by atoms with Crippen LogP contribution in [0.4, 0.5) is 0 Å². The smallest absolute Gasteiger partial charge is 0.251 e. The third kappa shape index (κ3) is 1.61. The molecular weight excluding hydrogens is 200 g/mol. The highest BCUT2D eigenvalue weighted by Crippen LogP contribution is 2.13. The number of aromatic nitrogens is 1. The Bertz CT molecular complexity index is 647. The molecule has 0 bridgehead atoms. The first-order valence-electron chi connectivity index (χ1n) is 4.91. The molecular formula is C13H10N2O. The summed E-state index contributed by atoms with van der Waals surface area (Å²) in [7, 11) is 0. The molecule has 1 heterocycles. The van der Waals surface area contributed by atoms with E-state index in [9.17, 15) is 4.79 Å². The molecule has 0 unspecified atom stereocenters. The summed E-state index contributed by atoms with van der Waals surface area (Å²) in [5.74, 6) is 0. The van der Waals surface area contributed by atoms with Crippen LogP contribution >= 0.6 is 0 Å². The van der Waals surface area contributed by atoms with Crippen molar-refractivity contribution in [2.24, 2.45) is 0 Å². The van der Waals surface area contributed by atoms with E-state index in [2.05, 4.69) is 12.6 Å². The summed E-state index contributed by atoms with van der Waals surface area (Å²) >= 11 is 0. The average Bonchev–Trinajstić information content (AvgIpc) is 2.32. The van der Waals surface area contributed by atoms with E-state index in [0.717, 1.165) is 10.9 Å². The number of hydrogen-bond acceptors (Lipinski definition) is 2. The summed E-state index contributed by atoms with van der Waals surface area (Å²) in [4.78, 5) is 11.7. The van der Waals surface area contributed by atoms with Crippen molar-refractivity contribution in [3.8, 4) is 6.07 Å². The van der Waals surface area contributed by atoms with Crippen LogP contribution < -0.4 is 5.56 Å². The molecule has 0 fully saturated rings. The Hall–Kier alpha value is -2.34. The van der Waals surface area contributed by atoms with Crippen molar-refractivity contribution in [3.63, 3.8) is 0 Å². The van der Waals surface area contributed by atoms with Gasteiger partial charge in [-0.05, 0) is 23.6 Å². The molecule has 78 valence electrons. The molecule has 0 aliphatic heterocycles. The van der Waals surface area contributed by atoms with Crippen LogP contribution in [0.25, 0.3) is 10.9 Å². The monoisotopic (exact) mass is 210 g/mol. The minimum Gasteiger partial charge on any atom is -0.304 e. The van der Waals surface area contributed by atoms with E-state index in [1.807, 2.05) is 6.07 Å². The molecule has 0 atom stereocenters. The Morgan fingerprint density at radius 2 is 2.12 bits per heavy atom. The summed E-state index contributed by atoms with van der Waals surface area (Å²) < 4.78 is 1.60. The number of rotatable bonds is 2. The largest absolute Gasteiger partial charge is 0.304 e. The van der Waals surface area contributed by atoms with E-state index in [1.165, 1.54) is 6.07 Å². The normalized spacial score (nSPS) is 9.94. The topological polar surface area (TPSA) is 45.8 Å². The summed E-state index contributed by atoms with van der Waals surface area (Å²) in [5.41, 5.74) is 1.24. The van der Waals surface area contributed by atoms with Gasteiger partial charge >= 0.3 is 0 Å². The molecule has 0 aliphatic rings. The summed E-state index contributed by atoms with van der Waals surface area (Å²) in [6, 6.07) is 10.7. The Kier molecular flexibility index (Phi) is 2.57. The standard InChI is InChI=1S/C13H10N2O/c1-2-7-15-12-8-10(9-14)3-4-11(12)5-6-13(15)16/h2-6,8H,1,7H2. The zero-order chi connectivity index (χ0) is 11.5. The van der Waals surface area contributed by atoms with Gasteiger partial charge in [0.05, 0.1) is 17.1 Å². The van der Waals surface area contributed by atoms with E-state index in [-0.39, 0.29) is 5.56 Å². The molecule has 2 aromatic rings. The maximum Gasteiger partial charge on any atom is 0.251 e. The van der Waals surface area contributed by atoms with Crippen molar-refractivity contribution in [3.05, 3.63) is 58.9 Å². The molecule has 1 aromatic carbocycles. The van der Waals surface area contributed by atoms with E-state index < -0.39 is 0 Å². The lowest BCUT2D eigenvalue weighted by Crippen LogP contribution is -2.18. The average molecular weight is 210 g/mol. The molecule has 0 radical (unpaired) electrons. The Balaban J connectivity index is 2.84. The fraction of sp³-hybridized carbons (Fsp3) is 0.0769. The second-order valence-electron chi connectivity index (χ2n) is 3.46. The zero-order valence-corrected chi connectivity index (χ0v) is 8.68. The summed E-state index contributed by atoms with van der Waals surface area (Å²) in [6.45, 7) is 4.07. The predicted molar refractivity (Wildman–Crippen MR) is 63.1 cm³/mol. The van der Waals surface area contributed by atoms with Gasteiger partial charge in [0.1, 0.15) is 0 Å². The lowest BCUT2D eigenvalue weighted by Gasteiger charge is -2.07. The summed E-state index contributed by atoms with van der Waals surface area (Å²) in [5, 5.41) is 9.77. The zero-order valence-electron chi connectivity index (χ0n) is 8.68. The van der Waals surface area contributed by atoms with Crippen molar-refractivity contribution < 1.29 is 0 Å². The van der Waals surface area contributed by atoms with E-state index in [4.69, 9.17) is 5.26 Å². The molecule has 16 heavy (non-hydrogen) atoms. The predicted octanol–water partition coefficient (Wildman–Crippen LogP) is 2.06. The molecule has 0 N–H and O–H groups in total. The fourth-order valence-electron chi connectivity index (χ4n) is 1.68. The fourth-order valence-corrected chi connectivity index (χ4v) is 1.68. The van der Waals surface area contributed by atoms with Crippen LogP contribution in [-0.4, -0.2) is 4.57 Å². The molecule has 2 rings (SSSR count). The minimum atomic E-state index is -0.0810. The Morgan fingerprint density at radius 3 is 2.81 bits per heavy atom. The van der Waals surface area contributed by atoms with Gasteiger partial charge < -0.3 is 4.57 Å². The first-order valence-corrected chi connectivity index (χ1v) is 4.91. The van der Waals surface area contributed by atoms with Gasteiger partial charge in [-0.2, -0.15) is 5.26 Å². The van der Waals surface area contributed by atoms with Gasteiger partial charge in [0.2, 0.25) is 0 Å². The van der Waals surface area contributed by atoms with Crippen molar-refractivity contribution in [2.45, 2.75) is 6.54 Å². The first-order chi connectivity index (χ1) is 7.76. The van der Waals surface area contributed by atoms with E-state index in [0.29, 0.717) is 12.1 Å². The number of benzene rings is 1. The van der Waals surface area contributed by atoms with Gasteiger partial charge in [0.25, 0.3) is 5.56 Å². The lowest BCUT2D eigenvalue weighted by atomic mass is 10.1. The minimum absolute atomic E-state index is 0.0810. The van der Waals surface area contributed by atoms with Gasteiger partial charge in [-0.25, -0.2) is 0 Å². The van der Waals surface area contributed by atoms with Crippen LogP contribution in [0, 0.1) is 11.3 Å². The maximum atomic E-state index is 11.7. The second kappa shape index (κ2) is 4.03. The molecule has 3 heteroatoms. The molecule has 3 nitrogen and oxygen atoms in total. The number of nitrogens with zero attached hydrogens (tertiary/aromatic N) is 2. The number of hydrogen-bond donors (Lipinski definition) is 0. The molecule has 0 aliphatic carbocycles. The molecule has 0 saturated heterocycles. The van der Waals surface area contributed by atoms with Crippen molar-refractivity contribution in [1.29, 1.82) is 5.26 Å². The van der Waals surface area contributed by atoms with E-state index in [1.54, 1.807) is 28.8 Å². The molecule has 0 saturated carbocycles. The molecule has 0 spiro atoms. The highest BCUT2D eigenvalue weighted by atomic mass is 16.1.